The zero-order valence-electron chi connectivity index (χ0n) is 14.5. The number of esters is 1. The number of nitrogens with zero attached hydrogens (tertiary/aromatic N) is 1. The van der Waals surface area contributed by atoms with Gasteiger partial charge < -0.3 is 29.9 Å². The lowest BCUT2D eigenvalue weighted by Crippen LogP contribution is -2.53. The van der Waals surface area contributed by atoms with Crippen LogP contribution in [0.3, 0.4) is 0 Å². The number of aliphatic hydroxyl groups is 4. The predicted octanol–water partition coefficient (Wildman–Crippen LogP) is 1.00. The maximum atomic E-state index is 11.2. The van der Waals surface area contributed by atoms with Crippen molar-refractivity contribution >= 4 is 12.2 Å². The molecule has 1 rings (SSSR count). The maximum absolute atomic E-state index is 11.2. The fraction of sp³-hybridized carbons (Fsp3) is 0.625. The van der Waals surface area contributed by atoms with Crippen LogP contribution in [0.25, 0.3) is 0 Å². The second-order valence-electron chi connectivity index (χ2n) is 6.30. The van der Waals surface area contributed by atoms with Crippen LogP contribution in [0.2, 0.25) is 0 Å². The van der Waals surface area contributed by atoms with Crippen molar-refractivity contribution in [3.63, 3.8) is 0 Å². The Labute approximate surface area is 140 Å². The van der Waals surface area contributed by atoms with Crippen molar-refractivity contribution < 1.29 is 34.7 Å². The fourth-order valence-electron chi connectivity index (χ4n) is 2.75. The highest BCUT2D eigenvalue weighted by atomic mass is 16.6. The normalized spacial score (nSPS) is 28.0. The summed E-state index contributed by atoms with van der Waals surface area (Å²) in [6, 6.07) is 0. The lowest BCUT2D eigenvalue weighted by atomic mass is 9.69. The van der Waals surface area contributed by atoms with Crippen LogP contribution in [0.4, 0.5) is 0 Å². The van der Waals surface area contributed by atoms with Gasteiger partial charge in [-0.15, -0.1) is 0 Å². The first-order chi connectivity index (χ1) is 11.0. The van der Waals surface area contributed by atoms with Crippen LogP contribution >= 0.6 is 0 Å². The second-order valence-corrected chi connectivity index (χ2v) is 6.30. The highest BCUT2D eigenvalue weighted by Crippen LogP contribution is 2.44. The topological polar surface area (TPSA) is 129 Å². The molecule has 4 N–H and O–H groups in total. The molecule has 2 unspecified atom stereocenters. The van der Waals surface area contributed by atoms with Crippen LogP contribution in [-0.4, -0.2) is 65.3 Å². The Morgan fingerprint density at radius 1 is 1.42 bits per heavy atom. The molecule has 0 saturated heterocycles. The molecule has 0 saturated carbocycles. The first kappa shape index (κ1) is 20.1. The largest absolute Gasteiger partial charge is 0.506 e. The van der Waals surface area contributed by atoms with Crippen LogP contribution in [0.1, 0.15) is 27.2 Å². The average molecular weight is 343 g/mol. The van der Waals surface area contributed by atoms with Crippen molar-refractivity contribution in [2.75, 3.05) is 20.8 Å². The molecule has 0 aromatic rings. The van der Waals surface area contributed by atoms with Crippen LogP contribution in [0.5, 0.6) is 0 Å². The van der Waals surface area contributed by atoms with Gasteiger partial charge in [-0.25, -0.2) is 4.79 Å². The highest BCUT2D eigenvalue weighted by molar-refractivity contribution is 5.86. The van der Waals surface area contributed by atoms with Crippen LogP contribution in [0, 0.1) is 5.41 Å². The Kier molecular flexibility index (Phi) is 6.15. The molecule has 2 atom stereocenters. The maximum Gasteiger partial charge on any atom is 0.376 e. The van der Waals surface area contributed by atoms with E-state index >= 15 is 0 Å². The molecular formula is C16H25NO7. The number of hydrogen-bond acceptors (Lipinski definition) is 8. The zero-order valence-corrected chi connectivity index (χ0v) is 14.5. The first-order valence-corrected chi connectivity index (χ1v) is 7.39. The summed E-state index contributed by atoms with van der Waals surface area (Å²) in [5.74, 6) is -5.06. The summed E-state index contributed by atoms with van der Waals surface area (Å²) in [4.78, 5) is 15.1. The van der Waals surface area contributed by atoms with Gasteiger partial charge in [0.25, 0.3) is 0 Å². The van der Waals surface area contributed by atoms with Gasteiger partial charge in [0.15, 0.2) is 5.76 Å². The monoisotopic (exact) mass is 343 g/mol. The zero-order chi connectivity index (χ0) is 18.7. The van der Waals surface area contributed by atoms with Gasteiger partial charge in [-0.05, 0) is 29.9 Å². The quantitative estimate of drug-likeness (QED) is 0.193. The lowest BCUT2D eigenvalue weighted by Gasteiger charge is -2.45. The fourth-order valence-corrected chi connectivity index (χ4v) is 2.75. The SMILES string of the molecule is CN=CC1=C(C)C(O)(OC/C(O)=C(/O)C(=O)OC)C(O)CC1(C)C. The van der Waals surface area contributed by atoms with E-state index in [1.165, 1.54) is 0 Å². The number of aliphatic imine (C=N–C) groups is 1. The van der Waals surface area contributed by atoms with Gasteiger partial charge in [-0.2, -0.15) is 0 Å². The van der Waals surface area contributed by atoms with E-state index in [9.17, 15) is 25.2 Å². The Morgan fingerprint density at radius 2 is 2.00 bits per heavy atom. The number of aliphatic hydroxyl groups excluding tert-OH is 3. The molecule has 8 heteroatoms. The third-order valence-corrected chi connectivity index (χ3v) is 4.16. The van der Waals surface area contributed by atoms with Crippen LogP contribution in [0.15, 0.2) is 27.7 Å². The predicted molar refractivity (Wildman–Crippen MR) is 86.7 cm³/mol. The van der Waals surface area contributed by atoms with Crippen molar-refractivity contribution in [1.29, 1.82) is 0 Å². The van der Waals surface area contributed by atoms with Crippen LogP contribution < -0.4 is 0 Å². The smallest absolute Gasteiger partial charge is 0.376 e. The van der Waals surface area contributed by atoms with E-state index in [4.69, 9.17) is 4.74 Å². The molecule has 0 bridgehead atoms. The number of carbonyl (C=O) groups excluding carboxylic acids is 1. The summed E-state index contributed by atoms with van der Waals surface area (Å²) in [6.07, 6.45) is 0.502. The number of hydrogen-bond donors (Lipinski definition) is 4. The molecule has 0 aromatic carbocycles. The van der Waals surface area contributed by atoms with Gasteiger partial charge in [-0.1, -0.05) is 13.8 Å². The molecular weight excluding hydrogens is 318 g/mol. The van der Waals surface area contributed by atoms with E-state index in [2.05, 4.69) is 9.73 Å². The van der Waals surface area contributed by atoms with Gasteiger partial charge in [-0.3, -0.25) is 4.99 Å². The summed E-state index contributed by atoms with van der Waals surface area (Å²) in [5, 5.41) is 40.2. The second kappa shape index (κ2) is 7.33. The third kappa shape index (κ3) is 3.77. The molecule has 8 nitrogen and oxygen atoms in total. The molecule has 24 heavy (non-hydrogen) atoms. The summed E-state index contributed by atoms with van der Waals surface area (Å²) < 4.78 is 9.52. The van der Waals surface area contributed by atoms with E-state index in [0.717, 1.165) is 7.11 Å². The number of methoxy groups -OCH3 is 1. The summed E-state index contributed by atoms with van der Waals surface area (Å²) in [6.45, 7) is 4.69. The first-order valence-electron chi connectivity index (χ1n) is 7.39. The molecule has 1 aliphatic carbocycles. The molecule has 0 aromatic heterocycles. The van der Waals surface area contributed by atoms with Crippen molar-refractivity contribution in [2.45, 2.75) is 39.1 Å². The number of carbonyl (C=O) groups is 1. The van der Waals surface area contributed by atoms with E-state index in [1.54, 1.807) is 20.2 Å². The Bertz CT molecular complexity index is 591. The summed E-state index contributed by atoms with van der Waals surface area (Å²) >= 11 is 0. The van der Waals surface area contributed by atoms with Crippen molar-refractivity contribution in [3.05, 3.63) is 22.7 Å². The number of ether oxygens (including phenoxy) is 2. The number of rotatable bonds is 5. The van der Waals surface area contributed by atoms with E-state index < -0.39 is 41.4 Å². The molecule has 136 valence electrons. The minimum absolute atomic E-state index is 0.190. The van der Waals surface area contributed by atoms with Crippen molar-refractivity contribution in [1.82, 2.24) is 0 Å². The van der Waals surface area contributed by atoms with Gasteiger partial charge in [0.2, 0.25) is 11.5 Å². The summed E-state index contributed by atoms with van der Waals surface area (Å²) in [5.41, 5.74) is 0.589. The molecule has 0 aliphatic heterocycles. The molecule has 0 fully saturated rings. The third-order valence-electron chi connectivity index (χ3n) is 4.16. The Morgan fingerprint density at radius 3 is 2.50 bits per heavy atom. The minimum Gasteiger partial charge on any atom is -0.506 e. The van der Waals surface area contributed by atoms with Crippen LogP contribution in [-0.2, 0) is 14.3 Å². The molecule has 0 heterocycles. The standard InChI is InChI=1S/C16H25NO7/c1-9-10(7-17-4)15(2,3)6-12(19)16(9,22)24-8-11(18)13(20)14(21)23-5/h7,12,18-20,22H,6,8H2,1-5H3/b13-11-,17-7?. The van der Waals surface area contributed by atoms with E-state index in [1.807, 2.05) is 13.8 Å². The van der Waals surface area contributed by atoms with E-state index in [-0.39, 0.29) is 6.42 Å². The van der Waals surface area contributed by atoms with Gasteiger partial charge in [0.1, 0.15) is 12.7 Å². The Balaban J connectivity index is 3.17. The Hall–Kier alpha value is -1.90. The average Bonchev–Trinajstić information content (AvgIpc) is 2.53. The summed E-state index contributed by atoms with van der Waals surface area (Å²) in [7, 11) is 2.63. The van der Waals surface area contributed by atoms with Gasteiger partial charge in [0, 0.05) is 13.3 Å². The van der Waals surface area contributed by atoms with Gasteiger partial charge in [0.05, 0.1) is 7.11 Å². The van der Waals surface area contributed by atoms with Crippen molar-refractivity contribution in [3.8, 4) is 0 Å². The van der Waals surface area contributed by atoms with E-state index in [0.29, 0.717) is 11.1 Å². The molecule has 0 amide bonds. The van der Waals surface area contributed by atoms with Gasteiger partial charge >= 0.3 is 5.97 Å². The molecule has 0 spiro atoms. The lowest BCUT2D eigenvalue weighted by molar-refractivity contribution is -0.240. The molecule has 1 aliphatic rings. The molecule has 0 radical (unpaired) electrons. The van der Waals surface area contributed by atoms with Crippen molar-refractivity contribution in [2.24, 2.45) is 10.4 Å². The number of allylic oxidation sites excluding steroid dienone is 1. The minimum atomic E-state index is -2.09. The highest BCUT2D eigenvalue weighted by Gasteiger charge is 2.49.